The largest absolute Gasteiger partial charge is 0.365 e. The van der Waals surface area contributed by atoms with Crippen LogP contribution in [0.25, 0.3) is 27.4 Å². The lowest BCUT2D eigenvalue weighted by atomic mass is 10.1. The number of aryl methyl sites for hydroxylation is 2. The fourth-order valence-electron chi connectivity index (χ4n) is 4.00. The number of anilines is 1. The number of hydrogen-bond donors (Lipinski definition) is 1. The van der Waals surface area contributed by atoms with Gasteiger partial charge in [0.2, 0.25) is 0 Å². The quantitative estimate of drug-likeness (QED) is 0.448. The number of fused-ring (bicyclic) bond motifs is 3. The highest BCUT2D eigenvalue weighted by Crippen LogP contribution is 2.40. The predicted molar refractivity (Wildman–Crippen MR) is 121 cm³/mol. The molecule has 0 spiro atoms. The molecule has 5 heterocycles. The number of hydrogen-bond acceptors (Lipinski definition) is 7. The van der Waals surface area contributed by atoms with E-state index in [-0.39, 0.29) is 0 Å². The summed E-state index contributed by atoms with van der Waals surface area (Å²) in [6.07, 6.45) is 14.3. The summed E-state index contributed by atoms with van der Waals surface area (Å²) in [5, 5.41) is 4.73. The number of thiophene rings is 1. The number of nitrogens with zero attached hydrogens (tertiary/aromatic N) is 6. The molecule has 0 saturated carbocycles. The topological polar surface area (TPSA) is 81.4 Å². The SMILES string of the molecule is c1cncc(-c2nc(NCc3ccc(-n4ccnc4)nc3)c3c4c(sc3n2)CCC4)c1. The van der Waals surface area contributed by atoms with Crippen molar-refractivity contribution in [2.45, 2.75) is 25.8 Å². The molecular formula is C23H19N7S. The van der Waals surface area contributed by atoms with Crippen molar-refractivity contribution in [3.05, 3.63) is 77.6 Å². The van der Waals surface area contributed by atoms with Crippen LogP contribution in [-0.4, -0.2) is 29.5 Å². The van der Waals surface area contributed by atoms with Crippen LogP contribution >= 0.6 is 11.3 Å². The molecule has 5 aromatic rings. The van der Waals surface area contributed by atoms with Gasteiger partial charge in [0.05, 0.1) is 5.39 Å². The van der Waals surface area contributed by atoms with Crippen LogP contribution in [0.15, 0.2) is 61.6 Å². The first-order chi connectivity index (χ1) is 15.3. The molecule has 7 nitrogen and oxygen atoms in total. The minimum absolute atomic E-state index is 0.639. The summed E-state index contributed by atoms with van der Waals surface area (Å²) in [5.41, 5.74) is 3.42. The molecule has 0 atom stereocenters. The van der Waals surface area contributed by atoms with Gasteiger partial charge in [-0.05, 0) is 48.6 Å². The van der Waals surface area contributed by atoms with E-state index in [1.54, 1.807) is 30.1 Å². The zero-order valence-corrected chi connectivity index (χ0v) is 17.5. The minimum atomic E-state index is 0.639. The van der Waals surface area contributed by atoms with Crippen molar-refractivity contribution in [1.82, 2.24) is 29.5 Å². The maximum Gasteiger partial charge on any atom is 0.164 e. The van der Waals surface area contributed by atoms with Crippen LogP contribution in [0.3, 0.4) is 0 Å². The van der Waals surface area contributed by atoms with E-state index in [0.29, 0.717) is 12.4 Å². The number of imidazole rings is 1. The third-order valence-corrected chi connectivity index (χ3v) is 6.71. The summed E-state index contributed by atoms with van der Waals surface area (Å²) in [7, 11) is 0. The van der Waals surface area contributed by atoms with Gasteiger partial charge in [-0.15, -0.1) is 11.3 Å². The van der Waals surface area contributed by atoms with Gasteiger partial charge in [-0.1, -0.05) is 6.07 Å². The van der Waals surface area contributed by atoms with Crippen molar-refractivity contribution in [3.8, 4) is 17.2 Å². The highest BCUT2D eigenvalue weighted by molar-refractivity contribution is 7.19. The lowest BCUT2D eigenvalue weighted by molar-refractivity contribution is 0.917. The molecule has 0 aliphatic heterocycles. The Bertz CT molecular complexity index is 1340. The smallest absolute Gasteiger partial charge is 0.164 e. The van der Waals surface area contributed by atoms with E-state index in [2.05, 4.69) is 26.3 Å². The van der Waals surface area contributed by atoms with Crippen molar-refractivity contribution in [2.24, 2.45) is 0 Å². The standard InChI is InChI=1S/C23H19N7S/c1-4-17-18(5-1)31-23-20(17)22(28-21(29-23)16-3-2-8-24-13-16)27-12-15-6-7-19(26-11-15)30-10-9-25-14-30/h2-3,6-11,13-14H,1,4-5,12H2,(H,27,28,29). The monoisotopic (exact) mass is 425 g/mol. The molecule has 0 saturated heterocycles. The zero-order valence-electron chi connectivity index (χ0n) is 16.7. The molecule has 31 heavy (non-hydrogen) atoms. The summed E-state index contributed by atoms with van der Waals surface area (Å²) in [4.78, 5) is 25.1. The zero-order chi connectivity index (χ0) is 20.6. The maximum absolute atomic E-state index is 4.91. The van der Waals surface area contributed by atoms with E-state index in [4.69, 9.17) is 9.97 Å². The van der Waals surface area contributed by atoms with Crippen molar-refractivity contribution >= 4 is 27.4 Å². The predicted octanol–water partition coefficient (Wildman–Crippen LogP) is 4.43. The van der Waals surface area contributed by atoms with E-state index in [0.717, 1.165) is 40.4 Å². The van der Waals surface area contributed by atoms with E-state index in [9.17, 15) is 0 Å². The van der Waals surface area contributed by atoms with Crippen LogP contribution in [0, 0.1) is 0 Å². The van der Waals surface area contributed by atoms with Gasteiger partial charge in [0.25, 0.3) is 0 Å². The Hall–Kier alpha value is -3.65. The molecule has 5 aromatic heterocycles. The molecule has 1 aliphatic carbocycles. The lowest BCUT2D eigenvalue weighted by Gasteiger charge is -2.11. The average Bonchev–Trinajstić information content (AvgIpc) is 3.56. The van der Waals surface area contributed by atoms with Crippen molar-refractivity contribution in [3.63, 3.8) is 0 Å². The van der Waals surface area contributed by atoms with Crippen LogP contribution in [0.4, 0.5) is 5.82 Å². The molecule has 152 valence electrons. The fraction of sp³-hybridized carbons (Fsp3) is 0.174. The van der Waals surface area contributed by atoms with Gasteiger partial charge in [0.15, 0.2) is 5.82 Å². The van der Waals surface area contributed by atoms with Gasteiger partial charge in [-0.3, -0.25) is 9.55 Å². The number of pyridine rings is 2. The van der Waals surface area contributed by atoms with E-state index >= 15 is 0 Å². The molecule has 8 heteroatoms. The van der Waals surface area contributed by atoms with Crippen LogP contribution in [0.1, 0.15) is 22.4 Å². The third-order valence-electron chi connectivity index (χ3n) is 5.52. The number of rotatable bonds is 5. The average molecular weight is 426 g/mol. The molecule has 1 aliphatic rings. The van der Waals surface area contributed by atoms with Crippen LogP contribution in [0.2, 0.25) is 0 Å². The first-order valence-electron chi connectivity index (χ1n) is 10.2. The summed E-state index contributed by atoms with van der Waals surface area (Å²) in [6, 6.07) is 7.99. The highest BCUT2D eigenvalue weighted by atomic mass is 32.1. The Morgan fingerprint density at radius 1 is 1.03 bits per heavy atom. The molecule has 0 radical (unpaired) electrons. The molecule has 6 rings (SSSR count). The molecule has 0 aromatic carbocycles. The van der Waals surface area contributed by atoms with Crippen molar-refractivity contribution < 1.29 is 0 Å². The Kier molecular flexibility index (Phi) is 4.42. The Balaban J connectivity index is 1.34. The van der Waals surface area contributed by atoms with Gasteiger partial charge in [0.1, 0.15) is 22.8 Å². The Morgan fingerprint density at radius 2 is 2.03 bits per heavy atom. The number of nitrogens with one attached hydrogen (secondary N) is 1. The summed E-state index contributed by atoms with van der Waals surface area (Å²) in [5.74, 6) is 2.44. The second-order valence-corrected chi connectivity index (χ2v) is 8.61. The Labute approximate surface area is 182 Å². The van der Waals surface area contributed by atoms with Gasteiger partial charge < -0.3 is 5.32 Å². The van der Waals surface area contributed by atoms with Crippen molar-refractivity contribution in [2.75, 3.05) is 5.32 Å². The van der Waals surface area contributed by atoms with Crippen molar-refractivity contribution in [1.29, 1.82) is 0 Å². The molecule has 0 amide bonds. The van der Waals surface area contributed by atoms with Gasteiger partial charge in [-0.25, -0.2) is 19.9 Å². The number of aromatic nitrogens is 6. The van der Waals surface area contributed by atoms with Crippen LogP contribution < -0.4 is 5.32 Å². The van der Waals surface area contributed by atoms with Gasteiger partial charge in [-0.2, -0.15) is 0 Å². The molecule has 0 fully saturated rings. The third kappa shape index (κ3) is 3.34. The summed E-state index contributed by atoms with van der Waals surface area (Å²) >= 11 is 1.80. The fourth-order valence-corrected chi connectivity index (χ4v) is 5.26. The van der Waals surface area contributed by atoms with E-state index < -0.39 is 0 Å². The van der Waals surface area contributed by atoms with E-state index in [1.807, 2.05) is 41.4 Å². The summed E-state index contributed by atoms with van der Waals surface area (Å²) < 4.78 is 1.89. The molecule has 0 unspecified atom stereocenters. The first-order valence-corrected chi connectivity index (χ1v) is 11.1. The highest BCUT2D eigenvalue weighted by Gasteiger charge is 2.22. The minimum Gasteiger partial charge on any atom is -0.365 e. The second kappa shape index (κ2) is 7.55. The lowest BCUT2D eigenvalue weighted by Crippen LogP contribution is -2.05. The van der Waals surface area contributed by atoms with E-state index in [1.165, 1.54) is 22.2 Å². The molecular weight excluding hydrogens is 406 g/mol. The maximum atomic E-state index is 4.91. The second-order valence-electron chi connectivity index (χ2n) is 7.52. The molecule has 0 bridgehead atoms. The Morgan fingerprint density at radius 3 is 2.84 bits per heavy atom. The van der Waals surface area contributed by atoms with Gasteiger partial charge in [0, 0.05) is 48.0 Å². The van der Waals surface area contributed by atoms with Crippen LogP contribution in [0.5, 0.6) is 0 Å². The van der Waals surface area contributed by atoms with Gasteiger partial charge >= 0.3 is 0 Å². The first kappa shape index (κ1) is 18.1. The van der Waals surface area contributed by atoms with Crippen LogP contribution in [-0.2, 0) is 19.4 Å². The molecule has 1 N–H and O–H groups in total. The normalized spacial score (nSPS) is 12.9. The summed E-state index contributed by atoms with van der Waals surface area (Å²) in [6.45, 7) is 0.639.